The van der Waals surface area contributed by atoms with E-state index in [4.69, 9.17) is 9.47 Å². The number of aryl methyl sites for hydroxylation is 2. The molecule has 0 bridgehead atoms. The molecule has 0 aliphatic rings. The maximum absolute atomic E-state index is 12.6. The molecule has 0 unspecified atom stereocenters. The fraction of sp³-hybridized carbons (Fsp3) is 0.174. The van der Waals surface area contributed by atoms with Crippen molar-refractivity contribution in [2.24, 2.45) is 0 Å². The van der Waals surface area contributed by atoms with Gasteiger partial charge in [-0.25, -0.2) is 0 Å². The quantitative estimate of drug-likeness (QED) is 0.630. The third-order valence-electron chi connectivity index (χ3n) is 4.28. The van der Waals surface area contributed by atoms with Gasteiger partial charge in [-0.3, -0.25) is 4.79 Å². The van der Waals surface area contributed by atoms with Gasteiger partial charge in [-0.1, -0.05) is 36.4 Å². The zero-order valence-electron chi connectivity index (χ0n) is 15.7. The second kappa shape index (κ2) is 8.41. The van der Waals surface area contributed by atoms with E-state index in [1.54, 1.807) is 13.0 Å². The van der Waals surface area contributed by atoms with E-state index in [-0.39, 0.29) is 5.91 Å². The zero-order valence-corrected chi connectivity index (χ0v) is 15.7. The van der Waals surface area contributed by atoms with Crippen LogP contribution in [0.5, 0.6) is 17.2 Å². The van der Waals surface area contributed by atoms with Crippen LogP contribution in [0.4, 0.5) is 5.69 Å². The lowest BCUT2D eigenvalue weighted by Gasteiger charge is -2.17. The molecule has 1 atom stereocenters. The summed E-state index contributed by atoms with van der Waals surface area (Å²) in [7, 11) is 0. The first-order chi connectivity index (χ1) is 13.0. The van der Waals surface area contributed by atoms with Gasteiger partial charge in [0.25, 0.3) is 5.91 Å². The Morgan fingerprint density at radius 2 is 1.56 bits per heavy atom. The van der Waals surface area contributed by atoms with Crippen molar-refractivity contribution in [2.45, 2.75) is 26.9 Å². The first-order valence-electron chi connectivity index (χ1n) is 8.89. The number of ether oxygens (including phenoxy) is 2. The molecule has 0 heterocycles. The third-order valence-corrected chi connectivity index (χ3v) is 4.28. The molecule has 0 radical (unpaired) electrons. The summed E-state index contributed by atoms with van der Waals surface area (Å²) in [4.78, 5) is 12.6. The topological polar surface area (TPSA) is 47.6 Å². The summed E-state index contributed by atoms with van der Waals surface area (Å²) in [6.07, 6.45) is -0.642. The number of hydrogen-bond donors (Lipinski definition) is 1. The molecule has 3 rings (SSSR count). The zero-order chi connectivity index (χ0) is 19.2. The molecule has 0 spiro atoms. The standard InChI is InChI=1S/C23H23NO3/c1-16-13-14-20(15-17(16)2)26-18(3)23(25)24-21-11-7-8-12-22(21)27-19-9-5-4-6-10-19/h4-15,18H,1-3H3,(H,24,25)/t18-/m1/s1. The van der Waals surface area contributed by atoms with Crippen LogP contribution >= 0.6 is 0 Å². The van der Waals surface area contributed by atoms with Gasteiger partial charge in [0, 0.05) is 0 Å². The monoisotopic (exact) mass is 361 g/mol. The summed E-state index contributed by atoms with van der Waals surface area (Å²) < 4.78 is 11.7. The average molecular weight is 361 g/mol. The van der Waals surface area contributed by atoms with E-state index >= 15 is 0 Å². The lowest BCUT2D eigenvalue weighted by atomic mass is 10.1. The Hall–Kier alpha value is -3.27. The molecule has 27 heavy (non-hydrogen) atoms. The van der Waals surface area contributed by atoms with Crippen molar-refractivity contribution in [3.8, 4) is 17.2 Å². The van der Waals surface area contributed by atoms with Crippen molar-refractivity contribution in [1.82, 2.24) is 0 Å². The van der Waals surface area contributed by atoms with Crippen LogP contribution in [0.2, 0.25) is 0 Å². The van der Waals surface area contributed by atoms with Crippen LogP contribution in [-0.4, -0.2) is 12.0 Å². The number of carbonyl (C=O) groups excluding carboxylic acids is 1. The third kappa shape index (κ3) is 4.88. The SMILES string of the molecule is Cc1ccc(O[C@H](C)C(=O)Nc2ccccc2Oc2ccccc2)cc1C. The van der Waals surface area contributed by atoms with Gasteiger partial charge in [0.2, 0.25) is 0 Å². The molecule has 4 heteroatoms. The van der Waals surface area contributed by atoms with Gasteiger partial charge in [-0.05, 0) is 68.3 Å². The Bertz CT molecular complexity index is 922. The van der Waals surface area contributed by atoms with Crippen molar-refractivity contribution in [1.29, 1.82) is 0 Å². The molecule has 0 fully saturated rings. The predicted octanol–water partition coefficient (Wildman–Crippen LogP) is 5.50. The molecular formula is C23H23NO3. The molecule has 0 saturated carbocycles. The van der Waals surface area contributed by atoms with Crippen LogP contribution in [0.25, 0.3) is 0 Å². The maximum atomic E-state index is 12.6. The molecule has 138 valence electrons. The van der Waals surface area contributed by atoms with Gasteiger partial charge in [0.1, 0.15) is 11.5 Å². The summed E-state index contributed by atoms with van der Waals surface area (Å²) in [5.41, 5.74) is 2.91. The van der Waals surface area contributed by atoms with E-state index in [1.807, 2.05) is 80.6 Å². The van der Waals surface area contributed by atoms with Crippen LogP contribution in [0, 0.1) is 13.8 Å². The molecule has 1 N–H and O–H groups in total. The first kappa shape index (κ1) is 18.5. The normalized spacial score (nSPS) is 11.5. The molecule has 0 aliphatic heterocycles. The van der Waals surface area contributed by atoms with Crippen LogP contribution in [0.1, 0.15) is 18.1 Å². The van der Waals surface area contributed by atoms with E-state index in [0.29, 0.717) is 22.9 Å². The molecule has 3 aromatic carbocycles. The summed E-state index contributed by atoms with van der Waals surface area (Å²) in [5.74, 6) is 1.72. The Morgan fingerprint density at radius 3 is 2.30 bits per heavy atom. The minimum absolute atomic E-state index is 0.239. The van der Waals surface area contributed by atoms with Gasteiger partial charge >= 0.3 is 0 Å². The molecule has 0 aliphatic carbocycles. The van der Waals surface area contributed by atoms with Crippen molar-refractivity contribution in [2.75, 3.05) is 5.32 Å². The Balaban J connectivity index is 1.69. The number of amides is 1. The number of benzene rings is 3. The summed E-state index contributed by atoms with van der Waals surface area (Å²) in [6, 6.07) is 22.6. The van der Waals surface area contributed by atoms with E-state index in [2.05, 4.69) is 5.32 Å². The summed E-state index contributed by atoms with van der Waals surface area (Å²) >= 11 is 0. The molecule has 0 aromatic heterocycles. The van der Waals surface area contributed by atoms with Crippen molar-refractivity contribution >= 4 is 11.6 Å². The molecular weight excluding hydrogens is 338 g/mol. The van der Waals surface area contributed by atoms with Crippen LogP contribution in [0.3, 0.4) is 0 Å². The van der Waals surface area contributed by atoms with E-state index in [1.165, 1.54) is 5.56 Å². The number of para-hydroxylation sites is 3. The van der Waals surface area contributed by atoms with Crippen molar-refractivity contribution in [3.63, 3.8) is 0 Å². The second-order valence-corrected chi connectivity index (χ2v) is 6.41. The van der Waals surface area contributed by atoms with Gasteiger partial charge in [0.05, 0.1) is 5.69 Å². The lowest BCUT2D eigenvalue weighted by molar-refractivity contribution is -0.122. The minimum Gasteiger partial charge on any atom is -0.481 e. The van der Waals surface area contributed by atoms with E-state index < -0.39 is 6.10 Å². The fourth-order valence-electron chi connectivity index (χ4n) is 2.55. The Kier molecular flexibility index (Phi) is 5.77. The van der Waals surface area contributed by atoms with Crippen LogP contribution in [0.15, 0.2) is 72.8 Å². The Labute approximate surface area is 159 Å². The fourth-order valence-corrected chi connectivity index (χ4v) is 2.55. The van der Waals surface area contributed by atoms with Crippen LogP contribution < -0.4 is 14.8 Å². The number of nitrogens with one attached hydrogen (secondary N) is 1. The predicted molar refractivity (Wildman–Crippen MR) is 108 cm³/mol. The second-order valence-electron chi connectivity index (χ2n) is 6.41. The number of carbonyl (C=O) groups is 1. The Morgan fingerprint density at radius 1 is 0.852 bits per heavy atom. The molecule has 3 aromatic rings. The highest BCUT2D eigenvalue weighted by Gasteiger charge is 2.17. The maximum Gasteiger partial charge on any atom is 0.265 e. The van der Waals surface area contributed by atoms with Crippen LogP contribution in [-0.2, 0) is 4.79 Å². The van der Waals surface area contributed by atoms with E-state index in [0.717, 1.165) is 5.56 Å². The van der Waals surface area contributed by atoms with Crippen molar-refractivity contribution < 1.29 is 14.3 Å². The number of rotatable bonds is 6. The van der Waals surface area contributed by atoms with Crippen molar-refractivity contribution in [3.05, 3.63) is 83.9 Å². The largest absolute Gasteiger partial charge is 0.481 e. The number of anilines is 1. The first-order valence-corrected chi connectivity index (χ1v) is 8.89. The van der Waals surface area contributed by atoms with Gasteiger partial charge in [0.15, 0.2) is 11.9 Å². The highest BCUT2D eigenvalue weighted by Crippen LogP contribution is 2.29. The number of hydrogen-bond acceptors (Lipinski definition) is 3. The van der Waals surface area contributed by atoms with Gasteiger partial charge < -0.3 is 14.8 Å². The summed E-state index contributed by atoms with van der Waals surface area (Å²) in [5, 5.41) is 2.89. The van der Waals surface area contributed by atoms with Gasteiger partial charge in [-0.15, -0.1) is 0 Å². The summed E-state index contributed by atoms with van der Waals surface area (Å²) in [6.45, 7) is 5.79. The van der Waals surface area contributed by atoms with Gasteiger partial charge in [-0.2, -0.15) is 0 Å². The molecule has 4 nitrogen and oxygen atoms in total. The highest BCUT2D eigenvalue weighted by molar-refractivity contribution is 5.95. The molecule has 0 saturated heterocycles. The van der Waals surface area contributed by atoms with E-state index in [9.17, 15) is 4.79 Å². The average Bonchev–Trinajstić information content (AvgIpc) is 2.67. The minimum atomic E-state index is -0.642. The lowest BCUT2D eigenvalue weighted by Crippen LogP contribution is -2.30. The molecule has 1 amide bonds. The highest BCUT2D eigenvalue weighted by atomic mass is 16.5. The smallest absolute Gasteiger partial charge is 0.265 e.